The van der Waals surface area contributed by atoms with Gasteiger partial charge in [0.2, 0.25) is 11.7 Å². The minimum absolute atomic E-state index is 0.0387. The average molecular weight is 354 g/mol. The predicted molar refractivity (Wildman–Crippen MR) is 94.1 cm³/mol. The highest BCUT2D eigenvalue weighted by molar-refractivity contribution is 7.08. The molecule has 3 aromatic rings. The van der Waals surface area contributed by atoms with E-state index in [-0.39, 0.29) is 11.9 Å². The molecule has 1 atom stereocenters. The molecule has 1 saturated heterocycles. The van der Waals surface area contributed by atoms with Crippen molar-refractivity contribution in [2.75, 3.05) is 6.54 Å². The van der Waals surface area contributed by atoms with Crippen LogP contribution in [0.1, 0.15) is 48.0 Å². The quantitative estimate of drug-likeness (QED) is 0.712. The van der Waals surface area contributed by atoms with Crippen molar-refractivity contribution in [2.45, 2.75) is 31.7 Å². The van der Waals surface area contributed by atoms with Gasteiger partial charge in [0.25, 0.3) is 5.91 Å². The summed E-state index contributed by atoms with van der Waals surface area (Å²) >= 11 is 1.53. The van der Waals surface area contributed by atoms with Crippen LogP contribution in [0.5, 0.6) is 0 Å². The Morgan fingerprint density at radius 2 is 2.08 bits per heavy atom. The van der Waals surface area contributed by atoms with Crippen LogP contribution in [-0.2, 0) is 0 Å². The zero-order valence-corrected chi connectivity index (χ0v) is 14.5. The first-order chi connectivity index (χ1) is 12.3. The first kappa shape index (κ1) is 16.0. The molecule has 6 nitrogen and oxygen atoms in total. The molecule has 0 spiro atoms. The summed E-state index contributed by atoms with van der Waals surface area (Å²) in [7, 11) is 0. The van der Waals surface area contributed by atoms with E-state index in [0.29, 0.717) is 18.3 Å². The molecule has 0 radical (unpaired) electrons. The smallest absolute Gasteiger partial charge is 0.255 e. The second kappa shape index (κ2) is 7.14. The molecule has 4 rings (SSSR count). The second-order valence-corrected chi connectivity index (χ2v) is 6.85. The highest BCUT2D eigenvalue weighted by Gasteiger charge is 2.31. The molecule has 128 valence electrons. The number of carbonyl (C=O) groups excluding carboxylic acids is 1. The number of carbonyl (C=O) groups is 1. The van der Waals surface area contributed by atoms with Gasteiger partial charge in [-0.2, -0.15) is 16.3 Å². The fourth-order valence-corrected chi connectivity index (χ4v) is 3.78. The zero-order chi connectivity index (χ0) is 17.1. The van der Waals surface area contributed by atoms with Gasteiger partial charge >= 0.3 is 0 Å². The molecule has 1 aliphatic heterocycles. The molecule has 1 fully saturated rings. The molecule has 7 heteroatoms. The van der Waals surface area contributed by atoms with Crippen LogP contribution >= 0.6 is 11.3 Å². The van der Waals surface area contributed by atoms with Crippen LogP contribution in [0.3, 0.4) is 0 Å². The molecule has 1 aliphatic rings. The van der Waals surface area contributed by atoms with Crippen LogP contribution in [0.4, 0.5) is 0 Å². The van der Waals surface area contributed by atoms with E-state index in [1.54, 1.807) is 12.4 Å². The van der Waals surface area contributed by atoms with Crippen LogP contribution in [-0.4, -0.2) is 32.5 Å². The minimum atomic E-state index is -0.169. The molecule has 0 aliphatic carbocycles. The van der Waals surface area contributed by atoms with Crippen molar-refractivity contribution >= 4 is 17.2 Å². The van der Waals surface area contributed by atoms with Gasteiger partial charge in [-0.05, 0) is 36.4 Å². The molecule has 1 unspecified atom stereocenters. The van der Waals surface area contributed by atoms with Gasteiger partial charge in [-0.1, -0.05) is 18.0 Å². The number of likely N-dealkylation sites (tertiary alicyclic amines) is 1. The summed E-state index contributed by atoms with van der Waals surface area (Å²) in [5, 5.41) is 7.91. The number of aromatic nitrogens is 3. The molecular weight excluding hydrogens is 336 g/mol. The van der Waals surface area contributed by atoms with Crippen LogP contribution in [0.15, 0.2) is 45.9 Å². The maximum absolute atomic E-state index is 12.9. The lowest BCUT2D eigenvalue weighted by atomic mass is 10.1. The van der Waals surface area contributed by atoms with Gasteiger partial charge in [0.05, 0.1) is 5.56 Å². The first-order valence-corrected chi connectivity index (χ1v) is 9.34. The largest absolute Gasteiger partial charge is 0.337 e. The number of rotatable bonds is 3. The maximum atomic E-state index is 12.9. The Morgan fingerprint density at radius 1 is 1.20 bits per heavy atom. The van der Waals surface area contributed by atoms with Crippen LogP contribution in [0.25, 0.3) is 11.4 Å². The Labute approximate surface area is 149 Å². The van der Waals surface area contributed by atoms with Gasteiger partial charge in [0.1, 0.15) is 6.04 Å². The highest BCUT2D eigenvalue weighted by Crippen LogP contribution is 2.31. The summed E-state index contributed by atoms with van der Waals surface area (Å²) in [6.45, 7) is 0.715. The lowest BCUT2D eigenvalue weighted by molar-refractivity contribution is 0.0645. The predicted octanol–water partition coefficient (Wildman–Crippen LogP) is 3.95. The topological polar surface area (TPSA) is 72.1 Å². The number of thiophene rings is 1. The van der Waals surface area contributed by atoms with E-state index in [9.17, 15) is 4.79 Å². The Kier molecular flexibility index (Phi) is 4.56. The molecule has 3 aromatic heterocycles. The molecular formula is C18H18N4O2S. The Balaban J connectivity index is 1.64. The number of pyridine rings is 1. The van der Waals surface area contributed by atoms with Gasteiger partial charge < -0.3 is 9.42 Å². The lowest BCUT2D eigenvalue weighted by Gasteiger charge is -2.27. The minimum Gasteiger partial charge on any atom is -0.337 e. The molecule has 1 amide bonds. The van der Waals surface area contributed by atoms with Crippen molar-refractivity contribution in [2.24, 2.45) is 0 Å². The summed E-state index contributed by atoms with van der Waals surface area (Å²) in [6, 6.07) is 5.38. The Morgan fingerprint density at radius 3 is 2.88 bits per heavy atom. The normalized spacial score (nSPS) is 18.1. The maximum Gasteiger partial charge on any atom is 0.255 e. The molecule has 25 heavy (non-hydrogen) atoms. The molecule has 0 aromatic carbocycles. The second-order valence-electron chi connectivity index (χ2n) is 6.07. The van der Waals surface area contributed by atoms with Crippen molar-refractivity contribution in [3.05, 3.63) is 52.8 Å². The summed E-state index contributed by atoms with van der Waals surface area (Å²) in [6.07, 6.45) is 7.39. The Hall–Kier alpha value is -2.54. The van der Waals surface area contributed by atoms with E-state index >= 15 is 0 Å². The first-order valence-electron chi connectivity index (χ1n) is 8.40. The van der Waals surface area contributed by atoms with Gasteiger partial charge in [0.15, 0.2) is 0 Å². The summed E-state index contributed by atoms with van der Waals surface area (Å²) in [5.41, 5.74) is 1.58. The van der Waals surface area contributed by atoms with Crippen molar-refractivity contribution in [1.29, 1.82) is 0 Å². The van der Waals surface area contributed by atoms with E-state index < -0.39 is 0 Å². The third kappa shape index (κ3) is 3.32. The van der Waals surface area contributed by atoms with E-state index in [0.717, 1.165) is 36.8 Å². The summed E-state index contributed by atoms with van der Waals surface area (Å²) in [4.78, 5) is 23.4. The van der Waals surface area contributed by atoms with Crippen molar-refractivity contribution < 1.29 is 9.32 Å². The molecule has 0 N–H and O–H groups in total. The van der Waals surface area contributed by atoms with E-state index in [1.165, 1.54) is 11.3 Å². The van der Waals surface area contributed by atoms with E-state index in [2.05, 4.69) is 15.1 Å². The van der Waals surface area contributed by atoms with Crippen LogP contribution in [0, 0.1) is 0 Å². The Bertz CT molecular complexity index is 832. The van der Waals surface area contributed by atoms with Gasteiger partial charge in [0, 0.05) is 29.9 Å². The van der Waals surface area contributed by atoms with E-state index in [1.807, 2.05) is 33.9 Å². The summed E-state index contributed by atoms with van der Waals surface area (Å²) < 4.78 is 5.54. The molecule has 0 saturated carbocycles. The average Bonchev–Trinajstić information content (AvgIpc) is 3.30. The van der Waals surface area contributed by atoms with E-state index in [4.69, 9.17) is 4.52 Å². The van der Waals surface area contributed by atoms with Crippen molar-refractivity contribution in [1.82, 2.24) is 20.0 Å². The van der Waals surface area contributed by atoms with Crippen LogP contribution < -0.4 is 0 Å². The van der Waals surface area contributed by atoms with Gasteiger partial charge in [-0.15, -0.1) is 0 Å². The monoisotopic (exact) mass is 354 g/mol. The number of nitrogens with zero attached hydrogens (tertiary/aromatic N) is 4. The highest BCUT2D eigenvalue weighted by atomic mass is 32.1. The number of hydrogen-bond acceptors (Lipinski definition) is 6. The SMILES string of the molecule is O=C(c1ccsc1)N1CCCCCC1c1nc(-c2ccncc2)no1. The van der Waals surface area contributed by atoms with Crippen molar-refractivity contribution in [3.63, 3.8) is 0 Å². The zero-order valence-electron chi connectivity index (χ0n) is 13.7. The molecule has 0 bridgehead atoms. The standard InChI is InChI=1S/C18H18N4O2S/c23-18(14-7-11-25-12-14)22-10-3-1-2-4-15(22)17-20-16(21-24-17)13-5-8-19-9-6-13/h5-9,11-12,15H,1-4,10H2. The lowest BCUT2D eigenvalue weighted by Crippen LogP contribution is -2.34. The molecule has 4 heterocycles. The van der Waals surface area contributed by atoms with Crippen molar-refractivity contribution in [3.8, 4) is 11.4 Å². The third-order valence-corrected chi connectivity index (χ3v) is 5.13. The third-order valence-electron chi connectivity index (χ3n) is 4.45. The summed E-state index contributed by atoms with van der Waals surface area (Å²) in [5.74, 6) is 1.08. The number of amides is 1. The fourth-order valence-electron chi connectivity index (χ4n) is 3.15. The fraction of sp³-hybridized carbons (Fsp3) is 0.333. The van der Waals surface area contributed by atoms with Crippen LogP contribution in [0.2, 0.25) is 0 Å². The number of hydrogen-bond donors (Lipinski definition) is 0. The van der Waals surface area contributed by atoms with Gasteiger partial charge in [-0.25, -0.2) is 0 Å². The van der Waals surface area contributed by atoms with Gasteiger partial charge in [-0.3, -0.25) is 9.78 Å².